The molecule has 0 bridgehead atoms. The maximum Gasteiger partial charge on any atom is 0.313 e. The summed E-state index contributed by atoms with van der Waals surface area (Å²) in [4.78, 5) is 21.3. The van der Waals surface area contributed by atoms with E-state index in [1.165, 1.54) is 6.92 Å². The third-order valence-corrected chi connectivity index (χ3v) is 1.24. The van der Waals surface area contributed by atoms with Gasteiger partial charge in [0, 0.05) is 0 Å². The van der Waals surface area contributed by atoms with E-state index in [9.17, 15) is 9.59 Å². The maximum absolute atomic E-state index is 10.8. The molecule has 0 aliphatic carbocycles. The lowest BCUT2D eigenvalue weighted by atomic mass is 10.3. The minimum Gasteiger partial charge on any atom is -0.463 e. The summed E-state index contributed by atoms with van der Waals surface area (Å²) >= 11 is 0. The number of Topliss-reactive ketones (excluding diaryl/α,β-unsaturated/α-hetero) is 1. The average molecular weight is 199 g/mol. The van der Waals surface area contributed by atoms with Gasteiger partial charge in [0.15, 0.2) is 0 Å². The number of esters is 1. The number of ether oxygens (including phenoxy) is 2. The third-order valence-electron chi connectivity index (χ3n) is 1.24. The van der Waals surface area contributed by atoms with Crippen molar-refractivity contribution in [3.8, 4) is 6.07 Å². The molecule has 78 valence electrons. The number of carbonyl (C=O) groups excluding carboxylic acids is 2. The average Bonchev–Trinajstić information content (AvgIpc) is 2.10. The predicted octanol–water partition coefficient (Wildman–Crippen LogP) is 0.439. The molecule has 0 amide bonds. The molecule has 5 nitrogen and oxygen atoms in total. The second kappa shape index (κ2) is 8.20. The molecule has 0 rings (SSSR count). The molecule has 0 aromatic carbocycles. The summed E-state index contributed by atoms with van der Waals surface area (Å²) in [5.41, 5.74) is 0. The monoisotopic (exact) mass is 199 g/mol. The Morgan fingerprint density at radius 3 is 2.57 bits per heavy atom. The third kappa shape index (κ3) is 8.68. The van der Waals surface area contributed by atoms with E-state index in [4.69, 9.17) is 10.00 Å². The van der Waals surface area contributed by atoms with Crippen molar-refractivity contribution in [2.75, 3.05) is 19.8 Å². The van der Waals surface area contributed by atoms with Gasteiger partial charge < -0.3 is 9.47 Å². The SMILES string of the molecule is CC(=O)CC(=O)OCCOCCC#N. The molecule has 0 aliphatic heterocycles. The van der Waals surface area contributed by atoms with Crippen molar-refractivity contribution in [3.63, 3.8) is 0 Å². The zero-order valence-corrected chi connectivity index (χ0v) is 8.12. The summed E-state index contributed by atoms with van der Waals surface area (Å²) in [6.07, 6.45) is 0.125. The second-order valence-corrected chi connectivity index (χ2v) is 2.62. The van der Waals surface area contributed by atoms with E-state index in [0.717, 1.165) is 0 Å². The standard InChI is InChI=1S/C9H13NO4/c1-8(11)7-9(12)14-6-5-13-4-2-3-10/h2,4-7H2,1H3. The van der Waals surface area contributed by atoms with Crippen LogP contribution in [0, 0.1) is 11.3 Å². The first-order valence-corrected chi connectivity index (χ1v) is 4.26. The van der Waals surface area contributed by atoms with Crippen LogP contribution in [0.5, 0.6) is 0 Å². The largest absolute Gasteiger partial charge is 0.463 e. The van der Waals surface area contributed by atoms with E-state index in [0.29, 0.717) is 13.0 Å². The van der Waals surface area contributed by atoms with Crippen LogP contribution in [-0.2, 0) is 19.1 Å². The summed E-state index contributed by atoms with van der Waals surface area (Å²) in [5, 5.41) is 8.16. The van der Waals surface area contributed by atoms with E-state index >= 15 is 0 Å². The Hall–Kier alpha value is -1.41. The van der Waals surface area contributed by atoms with Crippen LogP contribution in [-0.4, -0.2) is 31.6 Å². The summed E-state index contributed by atoms with van der Waals surface area (Å²) in [6.45, 7) is 2.04. The number of nitrogens with zero attached hydrogens (tertiary/aromatic N) is 1. The van der Waals surface area contributed by atoms with Crippen LogP contribution < -0.4 is 0 Å². The Morgan fingerprint density at radius 1 is 1.29 bits per heavy atom. The Balaban J connectivity index is 3.24. The van der Waals surface area contributed by atoms with Gasteiger partial charge in [-0.25, -0.2) is 0 Å². The summed E-state index contributed by atoms with van der Waals surface area (Å²) < 4.78 is 9.61. The van der Waals surface area contributed by atoms with Gasteiger partial charge in [0.1, 0.15) is 18.8 Å². The van der Waals surface area contributed by atoms with Crippen molar-refractivity contribution in [3.05, 3.63) is 0 Å². The Kier molecular flexibility index (Phi) is 7.37. The topological polar surface area (TPSA) is 76.4 Å². The number of hydrogen-bond acceptors (Lipinski definition) is 5. The molecular weight excluding hydrogens is 186 g/mol. The highest BCUT2D eigenvalue weighted by Gasteiger charge is 2.05. The number of ketones is 1. The molecule has 0 saturated carbocycles. The smallest absolute Gasteiger partial charge is 0.313 e. The highest BCUT2D eigenvalue weighted by Crippen LogP contribution is 1.88. The molecule has 0 aromatic heterocycles. The fraction of sp³-hybridized carbons (Fsp3) is 0.667. The number of rotatable bonds is 7. The summed E-state index contributed by atoms with van der Waals surface area (Å²) in [5.74, 6) is -0.762. The lowest BCUT2D eigenvalue weighted by Gasteiger charge is -2.03. The fourth-order valence-electron chi connectivity index (χ4n) is 0.689. The molecule has 0 spiro atoms. The van der Waals surface area contributed by atoms with E-state index in [1.54, 1.807) is 0 Å². The quantitative estimate of drug-likeness (QED) is 0.338. The van der Waals surface area contributed by atoms with E-state index in [2.05, 4.69) is 4.74 Å². The second-order valence-electron chi connectivity index (χ2n) is 2.62. The first kappa shape index (κ1) is 12.6. The van der Waals surface area contributed by atoms with Gasteiger partial charge in [-0.3, -0.25) is 9.59 Å². The van der Waals surface area contributed by atoms with Gasteiger partial charge in [0.05, 0.1) is 25.7 Å². The minimum absolute atomic E-state index is 0.123. The maximum atomic E-state index is 10.8. The molecule has 14 heavy (non-hydrogen) atoms. The molecule has 0 heterocycles. The Morgan fingerprint density at radius 2 is 2.00 bits per heavy atom. The predicted molar refractivity (Wildman–Crippen MR) is 47.3 cm³/mol. The first-order chi connectivity index (χ1) is 6.66. The van der Waals surface area contributed by atoms with Crippen LogP contribution in [0.3, 0.4) is 0 Å². The van der Waals surface area contributed by atoms with Gasteiger partial charge in [-0.15, -0.1) is 0 Å². The fourth-order valence-corrected chi connectivity index (χ4v) is 0.689. The van der Waals surface area contributed by atoms with Crippen LogP contribution in [0.2, 0.25) is 0 Å². The van der Waals surface area contributed by atoms with Crippen molar-refractivity contribution < 1.29 is 19.1 Å². The lowest BCUT2D eigenvalue weighted by Crippen LogP contribution is -2.13. The van der Waals surface area contributed by atoms with Crippen molar-refractivity contribution in [1.29, 1.82) is 5.26 Å². The van der Waals surface area contributed by atoms with Crippen molar-refractivity contribution in [1.82, 2.24) is 0 Å². The van der Waals surface area contributed by atoms with Crippen molar-refractivity contribution in [2.24, 2.45) is 0 Å². The summed E-state index contributed by atoms with van der Waals surface area (Å²) in [7, 11) is 0. The zero-order chi connectivity index (χ0) is 10.8. The molecule has 0 saturated heterocycles. The van der Waals surface area contributed by atoms with Crippen molar-refractivity contribution >= 4 is 11.8 Å². The molecule has 0 N–H and O–H groups in total. The number of hydrogen-bond donors (Lipinski definition) is 0. The molecule has 0 aliphatic rings. The van der Waals surface area contributed by atoms with Crippen LogP contribution in [0.25, 0.3) is 0 Å². The van der Waals surface area contributed by atoms with Crippen LogP contribution >= 0.6 is 0 Å². The number of nitriles is 1. The van der Waals surface area contributed by atoms with E-state index in [1.807, 2.05) is 6.07 Å². The lowest BCUT2D eigenvalue weighted by molar-refractivity contribution is -0.147. The van der Waals surface area contributed by atoms with Gasteiger partial charge >= 0.3 is 5.97 Å². The first-order valence-electron chi connectivity index (χ1n) is 4.26. The molecular formula is C9H13NO4. The minimum atomic E-state index is -0.540. The molecule has 0 aromatic rings. The van der Waals surface area contributed by atoms with Crippen LogP contribution in [0.15, 0.2) is 0 Å². The van der Waals surface area contributed by atoms with Gasteiger partial charge in [-0.05, 0) is 6.92 Å². The van der Waals surface area contributed by atoms with Gasteiger partial charge in [0.2, 0.25) is 0 Å². The molecule has 0 radical (unpaired) electrons. The Bertz CT molecular complexity index is 231. The van der Waals surface area contributed by atoms with Crippen molar-refractivity contribution in [2.45, 2.75) is 19.8 Å². The van der Waals surface area contributed by atoms with E-state index < -0.39 is 5.97 Å². The highest BCUT2D eigenvalue weighted by molar-refractivity contribution is 5.94. The van der Waals surface area contributed by atoms with Crippen LogP contribution in [0.4, 0.5) is 0 Å². The number of carbonyl (C=O) groups is 2. The molecule has 0 atom stereocenters. The zero-order valence-electron chi connectivity index (χ0n) is 8.12. The molecule has 5 heteroatoms. The van der Waals surface area contributed by atoms with Gasteiger partial charge in [-0.2, -0.15) is 5.26 Å². The normalized spacial score (nSPS) is 9.14. The van der Waals surface area contributed by atoms with E-state index in [-0.39, 0.29) is 25.4 Å². The molecule has 0 unspecified atom stereocenters. The van der Waals surface area contributed by atoms with Gasteiger partial charge in [0.25, 0.3) is 0 Å². The summed E-state index contributed by atoms with van der Waals surface area (Å²) in [6, 6.07) is 1.92. The highest BCUT2D eigenvalue weighted by atomic mass is 16.6. The van der Waals surface area contributed by atoms with Gasteiger partial charge in [-0.1, -0.05) is 0 Å². The molecule has 0 fully saturated rings. The van der Waals surface area contributed by atoms with Crippen LogP contribution in [0.1, 0.15) is 19.8 Å². The Labute approximate surface area is 82.6 Å².